The van der Waals surface area contributed by atoms with Crippen LogP contribution in [0.3, 0.4) is 0 Å². The molecule has 3 atom stereocenters. The Morgan fingerprint density at radius 1 is 1.07 bits per heavy atom. The molecule has 40 heavy (non-hydrogen) atoms. The first-order valence-electron chi connectivity index (χ1n) is 14.0. The number of hydrogen-bond donors (Lipinski definition) is 5. The van der Waals surface area contributed by atoms with Gasteiger partial charge >= 0.3 is 0 Å². The molecule has 1 heterocycles. The number of hydrogen-bond acceptors (Lipinski definition) is 6. The maximum absolute atomic E-state index is 13.4. The van der Waals surface area contributed by atoms with Crippen LogP contribution in [0.25, 0.3) is 0 Å². The third-order valence-corrected chi connectivity index (χ3v) is 7.58. The summed E-state index contributed by atoms with van der Waals surface area (Å²) in [4.78, 5) is 41.5. The molecule has 10 heteroatoms. The zero-order valence-electron chi connectivity index (χ0n) is 23.2. The molecule has 0 aromatic heterocycles. The Balaban J connectivity index is 1.53. The van der Waals surface area contributed by atoms with E-state index in [1.54, 1.807) is 38.2 Å². The summed E-state index contributed by atoms with van der Waals surface area (Å²) in [6.45, 7) is 3.05. The average Bonchev–Trinajstić information content (AvgIpc) is 3.79. The lowest BCUT2D eigenvalue weighted by atomic mass is 10.0. The smallest absolute Gasteiger partial charge is 0.243 e. The van der Waals surface area contributed by atoms with Gasteiger partial charge in [-0.3, -0.25) is 19.8 Å². The van der Waals surface area contributed by atoms with Gasteiger partial charge in [-0.2, -0.15) is 0 Å². The topological polar surface area (TPSA) is 150 Å². The average molecular weight is 549 g/mol. The predicted molar refractivity (Wildman–Crippen MR) is 153 cm³/mol. The minimum absolute atomic E-state index is 0.0397. The van der Waals surface area contributed by atoms with Crippen molar-refractivity contribution in [3.63, 3.8) is 0 Å². The Morgan fingerprint density at radius 2 is 1.82 bits per heavy atom. The van der Waals surface area contributed by atoms with Crippen molar-refractivity contribution >= 4 is 23.6 Å². The molecule has 10 nitrogen and oxygen atoms in total. The van der Waals surface area contributed by atoms with E-state index in [0.29, 0.717) is 25.3 Å². The van der Waals surface area contributed by atoms with Gasteiger partial charge in [0.2, 0.25) is 17.7 Å². The van der Waals surface area contributed by atoms with E-state index in [0.717, 1.165) is 42.6 Å². The van der Waals surface area contributed by atoms with Crippen LogP contribution in [-0.4, -0.2) is 73.3 Å². The van der Waals surface area contributed by atoms with Gasteiger partial charge in [-0.15, -0.1) is 0 Å². The van der Waals surface area contributed by atoms with Crippen LogP contribution in [-0.2, 0) is 27.2 Å². The molecule has 3 amide bonds. The van der Waals surface area contributed by atoms with Crippen LogP contribution in [0.5, 0.6) is 5.75 Å². The van der Waals surface area contributed by atoms with Gasteiger partial charge in [-0.25, -0.2) is 0 Å². The van der Waals surface area contributed by atoms with Crippen LogP contribution in [0.2, 0.25) is 0 Å². The predicted octanol–water partition coefficient (Wildman–Crippen LogP) is 1.35. The fraction of sp³-hybridized carbons (Fsp3) is 0.467. The molecule has 2 aromatic rings. The number of ether oxygens (including phenoxy) is 1. The standard InChI is InChI=1S/C30H40N6O4/c1-19-28(37)35-25(18-21-8-10-23(11-9-21)27(31)32)29(38)34-14-4-6-20-5-3-7-24(17-20)40-16-15-33-26(22-12-13-22)30(39)36(19)2/h3,5,7-11,17,19,22,25-26,33H,4,6,12-16,18H2,1-2H3,(H3,31,32)(H,34,38)(H,35,37). The van der Waals surface area contributed by atoms with Crippen molar-refractivity contribution in [2.45, 2.75) is 57.2 Å². The lowest BCUT2D eigenvalue weighted by Crippen LogP contribution is -2.56. The van der Waals surface area contributed by atoms with Gasteiger partial charge in [-0.05, 0) is 61.8 Å². The number of rotatable bonds is 4. The Morgan fingerprint density at radius 3 is 2.52 bits per heavy atom. The van der Waals surface area contributed by atoms with Crippen molar-refractivity contribution in [2.75, 3.05) is 26.7 Å². The molecule has 2 aliphatic rings. The number of nitrogens with zero attached hydrogens (tertiary/aromatic N) is 1. The van der Waals surface area contributed by atoms with E-state index in [2.05, 4.69) is 16.0 Å². The summed E-state index contributed by atoms with van der Waals surface area (Å²) >= 11 is 0. The highest BCUT2D eigenvalue weighted by Crippen LogP contribution is 2.33. The summed E-state index contributed by atoms with van der Waals surface area (Å²) in [5.74, 6) is 0.125. The van der Waals surface area contributed by atoms with E-state index in [-0.39, 0.29) is 30.0 Å². The number of benzene rings is 2. The fourth-order valence-electron chi connectivity index (χ4n) is 4.83. The highest BCUT2D eigenvalue weighted by Gasteiger charge is 2.39. The summed E-state index contributed by atoms with van der Waals surface area (Å²) in [6.07, 6.45) is 3.67. The van der Waals surface area contributed by atoms with E-state index in [9.17, 15) is 14.4 Å². The van der Waals surface area contributed by atoms with Crippen molar-refractivity contribution < 1.29 is 19.1 Å². The molecule has 2 aromatic carbocycles. The number of nitrogen functional groups attached to an aromatic ring is 1. The molecule has 1 saturated carbocycles. The van der Waals surface area contributed by atoms with Crippen LogP contribution < -0.4 is 26.4 Å². The highest BCUT2D eigenvalue weighted by atomic mass is 16.5. The van der Waals surface area contributed by atoms with Crippen LogP contribution in [0, 0.1) is 11.3 Å². The first kappa shape index (κ1) is 29.1. The Labute approximate surface area is 235 Å². The number of fused-ring (bicyclic) bond motifs is 2. The van der Waals surface area contributed by atoms with E-state index >= 15 is 0 Å². The lowest BCUT2D eigenvalue weighted by molar-refractivity contribution is -0.141. The first-order chi connectivity index (χ1) is 19.2. The number of aryl methyl sites for hydroxylation is 1. The number of nitrogens with one attached hydrogen (secondary N) is 4. The first-order valence-corrected chi connectivity index (χ1v) is 14.0. The van der Waals surface area contributed by atoms with E-state index in [1.807, 2.05) is 24.3 Å². The molecule has 0 saturated heterocycles. The monoisotopic (exact) mass is 548 g/mol. The van der Waals surface area contributed by atoms with Gasteiger partial charge in [0.1, 0.15) is 30.3 Å². The normalized spacial score (nSPS) is 23.6. The Bertz CT molecular complexity index is 1210. The second kappa shape index (κ2) is 13.4. The van der Waals surface area contributed by atoms with Gasteiger partial charge < -0.3 is 31.3 Å². The molecule has 1 aliphatic carbocycles. The van der Waals surface area contributed by atoms with Crippen LogP contribution in [0.1, 0.15) is 42.9 Å². The summed E-state index contributed by atoms with van der Waals surface area (Å²) in [5.41, 5.74) is 8.07. The molecule has 1 fully saturated rings. The molecule has 0 spiro atoms. The fourth-order valence-corrected chi connectivity index (χ4v) is 4.83. The Kier molecular flexibility index (Phi) is 9.76. The Hall–Kier alpha value is -3.92. The van der Waals surface area contributed by atoms with E-state index in [4.69, 9.17) is 15.9 Å². The summed E-state index contributed by atoms with van der Waals surface area (Å²) < 4.78 is 5.93. The van der Waals surface area contributed by atoms with E-state index in [1.165, 1.54) is 4.90 Å². The molecule has 4 rings (SSSR count). The van der Waals surface area contributed by atoms with Gasteiger partial charge in [0, 0.05) is 32.1 Å². The van der Waals surface area contributed by atoms with Crippen molar-refractivity contribution in [1.29, 1.82) is 5.41 Å². The summed E-state index contributed by atoms with van der Waals surface area (Å²) in [6, 6.07) is 12.9. The third kappa shape index (κ3) is 7.81. The van der Waals surface area contributed by atoms with E-state index < -0.39 is 24.0 Å². The zero-order valence-corrected chi connectivity index (χ0v) is 23.2. The number of likely N-dealkylation sites (N-methyl/N-ethyl adjacent to an activating group) is 1. The minimum atomic E-state index is -0.835. The number of amides is 3. The molecule has 2 bridgehead atoms. The number of carbonyl (C=O) groups excluding carboxylic acids is 3. The second-order valence-electron chi connectivity index (χ2n) is 10.7. The minimum Gasteiger partial charge on any atom is -0.492 e. The molecule has 214 valence electrons. The van der Waals surface area contributed by atoms with Gasteiger partial charge in [-0.1, -0.05) is 36.4 Å². The maximum atomic E-state index is 13.4. The van der Waals surface area contributed by atoms with Crippen molar-refractivity contribution in [1.82, 2.24) is 20.9 Å². The SMILES string of the molecule is CC1C(=O)NC(Cc2ccc(C(=N)N)cc2)C(=O)NCCCc2cccc(c2)OCCNC(C2CC2)C(=O)N1C. The summed E-state index contributed by atoms with van der Waals surface area (Å²) in [5, 5.41) is 16.8. The van der Waals surface area contributed by atoms with Crippen LogP contribution in [0.15, 0.2) is 48.5 Å². The van der Waals surface area contributed by atoms with Gasteiger partial charge in [0.05, 0.1) is 6.04 Å². The number of nitrogens with two attached hydrogens (primary N) is 1. The van der Waals surface area contributed by atoms with Gasteiger partial charge in [0.25, 0.3) is 0 Å². The maximum Gasteiger partial charge on any atom is 0.243 e. The molecule has 6 N–H and O–H groups in total. The molecule has 1 aliphatic heterocycles. The molecule has 0 radical (unpaired) electrons. The second-order valence-corrected chi connectivity index (χ2v) is 10.7. The van der Waals surface area contributed by atoms with Crippen LogP contribution in [0.4, 0.5) is 0 Å². The van der Waals surface area contributed by atoms with Crippen molar-refractivity contribution in [2.24, 2.45) is 11.7 Å². The quantitative estimate of drug-likeness (QED) is 0.288. The lowest BCUT2D eigenvalue weighted by Gasteiger charge is -2.30. The summed E-state index contributed by atoms with van der Waals surface area (Å²) in [7, 11) is 1.63. The largest absolute Gasteiger partial charge is 0.492 e. The molecular weight excluding hydrogens is 508 g/mol. The van der Waals surface area contributed by atoms with Crippen LogP contribution >= 0.6 is 0 Å². The third-order valence-electron chi connectivity index (χ3n) is 7.58. The van der Waals surface area contributed by atoms with Crippen molar-refractivity contribution in [3.8, 4) is 5.75 Å². The number of amidine groups is 1. The zero-order chi connectivity index (χ0) is 28.6. The number of carbonyl (C=O) groups is 3. The molecular formula is C30H40N6O4. The highest BCUT2D eigenvalue weighted by molar-refractivity contribution is 5.95. The van der Waals surface area contributed by atoms with Gasteiger partial charge in [0.15, 0.2) is 0 Å². The van der Waals surface area contributed by atoms with Crippen molar-refractivity contribution in [3.05, 3.63) is 65.2 Å². The molecule has 3 unspecified atom stereocenters.